The summed E-state index contributed by atoms with van der Waals surface area (Å²) in [6.07, 6.45) is 2.11. The average Bonchev–Trinajstić information content (AvgIpc) is 3.33. The molecule has 2 atom stereocenters. The number of aliphatic carboxylic acids is 1. The van der Waals surface area contributed by atoms with Crippen molar-refractivity contribution in [2.24, 2.45) is 5.92 Å². The Kier molecular flexibility index (Phi) is 9.81. The number of hydrogen-bond donors (Lipinski definition) is 3. The van der Waals surface area contributed by atoms with Crippen molar-refractivity contribution in [1.29, 1.82) is 0 Å². The monoisotopic (exact) mass is 568 g/mol. The van der Waals surface area contributed by atoms with Crippen LogP contribution in [0, 0.1) is 5.92 Å². The van der Waals surface area contributed by atoms with E-state index in [1.807, 2.05) is 32.9 Å². The van der Waals surface area contributed by atoms with Gasteiger partial charge in [-0.1, -0.05) is 24.3 Å². The third kappa shape index (κ3) is 6.62. The van der Waals surface area contributed by atoms with Crippen molar-refractivity contribution in [3.8, 4) is 11.5 Å². The second-order valence-corrected chi connectivity index (χ2v) is 11.3. The first kappa shape index (κ1) is 30.7. The van der Waals surface area contributed by atoms with Crippen LogP contribution >= 0.6 is 0 Å². The Bertz CT molecular complexity index is 1170. The Morgan fingerprint density at radius 1 is 1.05 bits per heavy atom. The van der Waals surface area contributed by atoms with E-state index in [1.165, 1.54) is 11.1 Å². The number of amides is 2. The number of nitrogens with one attached hydrogen (secondary N) is 1. The van der Waals surface area contributed by atoms with Crippen molar-refractivity contribution in [1.82, 2.24) is 10.2 Å². The van der Waals surface area contributed by atoms with Gasteiger partial charge in [0.2, 0.25) is 0 Å². The third-order valence-electron chi connectivity index (χ3n) is 8.51. The van der Waals surface area contributed by atoms with Crippen molar-refractivity contribution in [2.75, 3.05) is 26.9 Å². The smallest absolute Gasteiger partial charge is 0.329 e. The molecule has 224 valence electrons. The number of nitrogens with zero attached hydrogens (tertiary/aromatic N) is 1. The topological polar surface area (TPSA) is 118 Å². The summed E-state index contributed by atoms with van der Waals surface area (Å²) in [6, 6.07) is 11.3. The zero-order valence-corrected chi connectivity index (χ0v) is 24.8. The molecule has 2 amide bonds. The highest BCUT2D eigenvalue weighted by Gasteiger charge is 2.52. The number of carboxylic acids is 1. The highest BCUT2D eigenvalue weighted by molar-refractivity contribution is 5.87. The number of methoxy groups -OCH3 is 1. The van der Waals surface area contributed by atoms with Crippen LogP contribution in [0.1, 0.15) is 81.4 Å². The zero-order valence-electron chi connectivity index (χ0n) is 24.8. The molecule has 2 aliphatic rings. The van der Waals surface area contributed by atoms with Gasteiger partial charge in [-0.3, -0.25) is 0 Å². The van der Waals surface area contributed by atoms with Crippen molar-refractivity contribution >= 4 is 12.0 Å². The Balaban J connectivity index is 1.63. The van der Waals surface area contributed by atoms with E-state index in [1.54, 1.807) is 18.9 Å². The van der Waals surface area contributed by atoms with Gasteiger partial charge in [0.1, 0.15) is 17.0 Å². The fourth-order valence-corrected chi connectivity index (χ4v) is 6.14. The number of carbonyl (C=O) groups excluding carboxylic acids is 1. The molecule has 0 heterocycles. The number of benzene rings is 2. The summed E-state index contributed by atoms with van der Waals surface area (Å²) in [6.45, 7) is 8.59. The lowest BCUT2D eigenvalue weighted by Crippen LogP contribution is -2.66. The molecule has 2 aromatic carbocycles. The van der Waals surface area contributed by atoms with Gasteiger partial charge in [0.05, 0.1) is 37.0 Å². The van der Waals surface area contributed by atoms with Crippen LogP contribution < -0.4 is 14.8 Å². The minimum absolute atomic E-state index is 0.204. The molecule has 0 aromatic heterocycles. The second-order valence-electron chi connectivity index (χ2n) is 11.3. The van der Waals surface area contributed by atoms with Gasteiger partial charge in [-0.2, -0.15) is 0 Å². The van der Waals surface area contributed by atoms with Crippen molar-refractivity contribution in [3.63, 3.8) is 0 Å². The Hall–Kier alpha value is -3.30. The number of fused-ring (bicyclic) bond motifs is 1. The Morgan fingerprint density at radius 2 is 1.61 bits per heavy atom. The highest BCUT2D eigenvalue weighted by Crippen LogP contribution is 2.40. The predicted octanol–water partition coefficient (Wildman–Crippen LogP) is 5.05. The van der Waals surface area contributed by atoms with Gasteiger partial charge >= 0.3 is 12.0 Å². The SMILES string of the molecule is CCOc1cc([C@@H](C)N(CCC2Cc3ccccc3C2)C(=O)NC2(C(=O)O)CC(OC)C2)cc(OCC)c1C(C)O. The molecule has 9 nitrogen and oxygen atoms in total. The van der Waals surface area contributed by atoms with Crippen LogP contribution in [0.25, 0.3) is 0 Å². The summed E-state index contributed by atoms with van der Waals surface area (Å²) in [5.41, 5.74) is 2.68. The van der Waals surface area contributed by atoms with Gasteiger partial charge in [-0.05, 0) is 81.7 Å². The van der Waals surface area contributed by atoms with E-state index in [2.05, 4.69) is 29.6 Å². The van der Waals surface area contributed by atoms with Gasteiger partial charge < -0.3 is 34.6 Å². The number of carbonyl (C=O) groups is 2. The van der Waals surface area contributed by atoms with Gasteiger partial charge in [0, 0.05) is 26.5 Å². The number of carboxylic acid groups (broad SMARTS) is 1. The molecule has 2 aromatic rings. The molecule has 1 saturated carbocycles. The first-order valence-electron chi connectivity index (χ1n) is 14.7. The van der Waals surface area contributed by atoms with Crippen LogP contribution in [0.15, 0.2) is 36.4 Å². The van der Waals surface area contributed by atoms with E-state index in [9.17, 15) is 19.8 Å². The molecule has 9 heteroatoms. The van der Waals surface area contributed by atoms with E-state index in [0.717, 1.165) is 24.8 Å². The largest absolute Gasteiger partial charge is 0.493 e. The van der Waals surface area contributed by atoms with Crippen LogP contribution in [0.5, 0.6) is 11.5 Å². The average molecular weight is 569 g/mol. The molecule has 1 unspecified atom stereocenters. The predicted molar refractivity (Wildman–Crippen MR) is 155 cm³/mol. The molecule has 0 radical (unpaired) electrons. The number of hydrogen-bond acceptors (Lipinski definition) is 6. The number of rotatable bonds is 13. The van der Waals surface area contributed by atoms with Crippen LogP contribution in [-0.2, 0) is 22.4 Å². The molecule has 2 aliphatic carbocycles. The molecule has 1 fully saturated rings. The van der Waals surface area contributed by atoms with E-state index in [-0.39, 0.29) is 18.9 Å². The van der Waals surface area contributed by atoms with Gasteiger partial charge in [0.15, 0.2) is 0 Å². The minimum Gasteiger partial charge on any atom is -0.493 e. The van der Waals surface area contributed by atoms with E-state index in [4.69, 9.17) is 14.2 Å². The quantitative estimate of drug-likeness (QED) is 0.310. The standard InChI is InChI=1S/C32H44N2O7/c1-6-40-27-16-25(17-28(41-7-2)29(27)21(4)35)20(3)34(13-12-22-14-23-10-8-9-11-24(23)15-22)31(38)33-32(30(36)37)18-26(19-32)39-5/h8-11,16-17,20-22,26,35H,6-7,12-15,18-19H2,1-5H3,(H,33,38)(H,36,37)/t20-,21?,26?,32?/m1/s1. The normalized spacial score (nSPS) is 21.4. The highest BCUT2D eigenvalue weighted by atomic mass is 16.5. The summed E-state index contributed by atoms with van der Waals surface area (Å²) < 4.78 is 17.1. The summed E-state index contributed by atoms with van der Waals surface area (Å²) in [5.74, 6) is 0.341. The second kappa shape index (κ2) is 13.1. The number of aliphatic hydroxyl groups excluding tert-OH is 1. The first-order chi connectivity index (χ1) is 19.6. The van der Waals surface area contributed by atoms with Crippen LogP contribution in [-0.4, -0.2) is 65.6 Å². The summed E-state index contributed by atoms with van der Waals surface area (Å²) in [4.78, 5) is 27.9. The molecule has 0 saturated heterocycles. The summed E-state index contributed by atoms with van der Waals surface area (Å²) >= 11 is 0. The molecule has 0 aliphatic heterocycles. The molecule has 3 N–H and O–H groups in total. The molecular weight excluding hydrogens is 524 g/mol. The first-order valence-corrected chi connectivity index (χ1v) is 14.7. The van der Waals surface area contributed by atoms with Gasteiger partial charge in [-0.25, -0.2) is 9.59 Å². The maximum absolute atomic E-state index is 13.9. The maximum atomic E-state index is 13.9. The lowest BCUT2D eigenvalue weighted by molar-refractivity contribution is -0.155. The number of urea groups is 1. The van der Waals surface area contributed by atoms with E-state index < -0.39 is 29.7 Å². The third-order valence-corrected chi connectivity index (χ3v) is 8.51. The number of ether oxygens (including phenoxy) is 3. The van der Waals surface area contributed by atoms with Crippen molar-refractivity contribution in [2.45, 2.75) is 83.6 Å². The zero-order chi connectivity index (χ0) is 29.7. The maximum Gasteiger partial charge on any atom is 0.329 e. The lowest BCUT2D eigenvalue weighted by Gasteiger charge is -2.45. The minimum atomic E-state index is -1.36. The van der Waals surface area contributed by atoms with Crippen LogP contribution in [0.2, 0.25) is 0 Å². The van der Waals surface area contributed by atoms with E-state index >= 15 is 0 Å². The van der Waals surface area contributed by atoms with Crippen LogP contribution in [0.3, 0.4) is 0 Å². The summed E-state index contributed by atoms with van der Waals surface area (Å²) in [5, 5.41) is 23.4. The lowest BCUT2D eigenvalue weighted by atomic mass is 9.74. The molecular formula is C32H44N2O7. The van der Waals surface area contributed by atoms with Crippen LogP contribution in [0.4, 0.5) is 4.79 Å². The van der Waals surface area contributed by atoms with Crippen molar-refractivity contribution in [3.05, 3.63) is 58.7 Å². The Morgan fingerprint density at radius 3 is 2.07 bits per heavy atom. The fourth-order valence-electron chi connectivity index (χ4n) is 6.14. The molecule has 41 heavy (non-hydrogen) atoms. The van der Waals surface area contributed by atoms with Crippen molar-refractivity contribution < 1.29 is 34.0 Å². The fraction of sp³-hybridized carbons (Fsp3) is 0.562. The summed E-state index contributed by atoms with van der Waals surface area (Å²) in [7, 11) is 1.55. The Labute approximate surface area is 242 Å². The van der Waals surface area contributed by atoms with Gasteiger partial charge in [0.25, 0.3) is 0 Å². The van der Waals surface area contributed by atoms with E-state index in [0.29, 0.717) is 42.7 Å². The number of aliphatic hydroxyl groups is 1. The molecule has 4 rings (SSSR count). The van der Waals surface area contributed by atoms with Gasteiger partial charge in [-0.15, -0.1) is 0 Å². The molecule has 0 bridgehead atoms. The molecule has 0 spiro atoms.